The summed E-state index contributed by atoms with van der Waals surface area (Å²) in [4.78, 5) is 13.0. The highest BCUT2D eigenvalue weighted by Crippen LogP contribution is 2.32. The lowest BCUT2D eigenvalue weighted by Gasteiger charge is -2.20. The maximum Gasteiger partial charge on any atom is 0.225 e. The van der Waals surface area contributed by atoms with Crippen LogP contribution in [-0.4, -0.2) is 15.0 Å². The summed E-state index contributed by atoms with van der Waals surface area (Å²) in [5.41, 5.74) is 4.29. The molecule has 5 heteroatoms. The summed E-state index contributed by atoms with van der Waals surface area (Å²) in [6.45, 7) is 0. The fourth-order valence-corrected chi connectivity index (χ4v) is 3.45. The molecule has 23 heavy (non-hydrogen) atoms. The van der Waals surface area contributed by atoms with Crippen LogP contribution in [0.2, 0.25) is 5.28 Å². The van der Waals surface area contributed by atoms with E-state index in [4.69, 9.17) is 11.6 Å². The van der Waals surface area contributed by atoms with Gasteiger partial charge in [-0.05, 0) is 54.1 Å². The van der Waals surface area contributed by atoms with Gasteiger partial charge in [0.2, 0.25) is 5.28 Å². The van der Waals surface area contributed by atoms with Crippen LogP contribution < -0.4 is 5.32 Å². The third-order valence-corrected chi connectivity index (χ3v) is 4.53. The van der Waals surface area contributed by atoms with E-state index in [0.717, 1.165) is 23.9 Å². The number of aromatic nitrogens is 3. The van der Waals surface area contributed by atoms with E-state index in [9.17, 15) is 0 Å². The molecule has 0 saturated carbocycles. The number of nitrogens with zero attached hydrogens (tertiary/aromatic N) is 3. The molecule has 4 rings (SSSR count). The van der Waals surface area contributed by atoms with E-state index in [1.165, 1.54) is 24.0 Å². The highest BCUT2D eigenvalue weighted by Gasteiger charge is 2.20. The standard InChI is InChI=1S/C18H17ClN4/c19-18-22-15-10-5-11-20-16(15)17(23-18)21-14-9-4-2-7-12-6-1-3-8-13(12)14/h1,3,5-6,8,10-11,14H,2,4,7,9H2,(H,21,22,23). The van der Waals surface area contributed by atoms with Crippen LogP contribution in [0.25, 0.3) is 11.0 Å². The van der Waals surface area contributed by atoms with Gasteiger partial charge < -0.3 is 5.32 Å². The summed E-state index contributed by atoms with van der Waals surface area (Å²) in [5.74, 6) is 0.710. The Bertz CT molecular complexity index is 849. The van der Waals surface area contributed by atoms with Gasteiger partial charge in [-0.25, -0.2) is 4.98 Å². The first-order chi connectivity index (χ1) is 11.3. The monoisotopic (exact) mass is 324 g/mol. The Labute approximate surface area is 140 Å². The van der Waals surface area contributed by atoms with Crippen LogP contribution in [-0.2, 0) is 6.42 Å². The van der Waals surface area contributed by atoms with E-state index < -0.39 is 0 Å². The molecule has 2 aromatic heterocycles. The maximum absolute atomic E-state index is 6.08. The highest BCUT2D eigenvalue weighted by atomic mass is 35.5. The summed E-state index contributed by atoms with van der Waals surface area (Å²) in [6, 6.07) is 12.6. The molecule has 1 aliphatic carbocycles. The van der Waals surface area contributed by atoms with Crippen molar-refractivity contribution in [2.75, 3.05) is 5.32 Å². The third-order valence-electron chi connectivity index (χ3n) is 4.36. The number of hydrogen-bond acceptors (Lipinski definition) is 4. The highest BCUT2D eigenvalue weighted by molar-refractivity contribution is 6.28. The topological polar surface area (TPSA) is 50.7 Å². The second-order valence-corrected chi connectivity index (χ2v) is 6.19. The largest absolute Gasteiger partial charge is 0.361 e. The number of fused-ring (bicyclic) bond motifs is 2. The van der Waals surface area contributed by atoms with Crippen molar-refractivity contribution < 1.29 is 0 Å². The van der Waals surface area contributed by atoms with Gasteiger partial charge in [0.15, 0.2) is 5.82 Å². The first-order valence-electron chi connectivity index (χ1n) is 7.94. The molecule has 4 nitrogen and oxygen atoms in total. The van der Waals surface area contributed by atoms with Gasteiger partial charge in [-0.3, -0.25) is 4.98 Å². The van der Waals surface area contributed by atoms with Crippen molar-refractivity contribution in [1.82, 2.24) is 15.0 Å². The molecule has 2 heterocycles. The molecular formula is C18H17ClN4. The minimum absolute atomic E-state index is 0.227. The predicted octanol–water partition coefficient (Wildman–Crippen LogP) is 4.56. The van der Waals surface area contributed by atoms with Gasteiger partial charge in [-0.15, -0.1) is 0 Å². The number of halogens is 1. The lowest BCUT2D eigenvalue weighted by Crippen LogP contribution is -2.13. The molecule has 0 aliphatic heterocycles. The Morgan fingerprint density at radius 1 is 1.04 bits per heavy atom. The number of anilines is 1. The average molecular weight is 325 g/mol. The SMILES string of the molecule is Clc1nc(NC2CCCCc3ccccc32)c2ncccc2n1. The first kappa shape index (κ1) is 14.4. The molecule has 0 fully saturated rings. The quantitative estimate of drug-likeness (QED) is 0.554. The maximum atomic E-state index is 6.08. The molecule has 3 aromatic rings. The second-order valence-electron chi connectivity index (χ2n) is 5.85. The lowest BCUT2D eigenvalue weighted by atomic mass is 9.99. The fraction of sp³-hybridized carbons (Fsp3) is 0.278. The van der Waals surface area contributed by atoms with Gasteiger partial charge in [0.1, 0.15) is 5.52 Å². The summed E-state index contributed by atoms with van der Waals surface area (Å²) in [6.07, 6.45) is 6.38. The van der Waals surface area contributed by atoms with E-state index in [-0.39, 0.29) is 11.3 Å². The Balaban J connectivity index is 1.76. The van der Waals surface area contributed by atoms with Crippen LogP contribution >= 0.6 is 11.6 Å². The smallest absolute Gasteiger partial charge is 0.225 e. The Kier molecular flexibility index (Phi) is 3.83. The number of pyridine rings is 1. The Morgan fingerprint density at radius 2 is 1.96 bits per heavy atom. The van der Waals surface area contributed by atoms with Crippen LogP contribution in [0.5, 0.6) is 0 Å². The van der Waals surface area contributed by atoms with Crippen molar-refractivity contribution in [1.29, 1.82) is 0 Å². The zero-order valence-electron chi connectivity index (χ0n) is 12.7. The van der Waals surface area contributed by atoms with Crippen molar-refractivity contribution in [3.05, 3.63) is 59.0 Å². The molecule has 0 spiro atoms. The van der Waals surface area contributed by atoms with Gasteiger partial charge >= 0.3 is 0 Å². The van der Waals surface area contributed by atoms with Crippen molar-refractivity contribution in [3.8, 4) is 0 Å². The van der Waals surface area contributed by atoms with Gasteiger partial charge in [-0.1, -0.05) is 30.7 Å². The van der Waals surface area contributed by atoms with E-state index >= 15 is 0 Å². The van der Waals surface area contributed by atoms with E-state index in [1.54, 1.807) is 6.20 Å². The van der Waals surface area contributed by atoms with E-state index in [0.29, 0.717) is 5.82 Å². The van der Waals surface area contributed by atoms with E-state index in [1.807, 2.05) is 12.1 Å². The summed E-state index contributed by atoms with van der Waals surface area (Å²) in [5, 5.41) is 3.81. The molecule has 1 aromatic carbocycles. The molecule has 1 N–H and O–H groups in total. The minimum atomic E-state index is 0.227. The first-order valence-corrected chi connectivity index (χ1v) is 8.32. The van der Waals surface area contributed by atoms with Crippen LogP contribution in [0.3, 0.4) is 0 Å². The van der Waals surface area contributed by atoms with Gasteiger partial charge in [0.05, 0.1) is 11.6 Å². The molecule has 0 radical (unpaired) electrons. The van der Waals surface area contributed by atoms with Crippen molar-refractivity contribution >= 4 is 28.5 Å². The normalized spacial score (nSPS) is 17.5. The number of aryl methyl sites for hydroxylation is 1. The molecular weight excluding hydrogens is 308 g/mol. The molecule has 1 unspecified atom stereocenters. The summed E-state index contributed by atoms with van der Waals surface area (Å²) < 4.78 is 0. The van der Waals surface area contributed by atoms with Gasteiger partial charge in [-0.2, -0.15) is 4.98 Å². The van der Waals surface area contributed by atoms with Gasteiger partial charge in [0.25, 0.3) is 0 Å². The Hall–Kier alpha value is -2.20. The van der Waals surface area contributed by atoms with Crippen LogP contribution in [0, 0.1) is 0 Å². The Morgan fingerprint density at radius 3 is 2.91 bits per heavy atom. The van der Waals surface area contributed by atoms with Crippen molar-refractivity contribution in [2.24, 2.45) is 0 Å². The van der Waals surface area contributed by atoms with Crippen molar-refractivity contribution in [2.45, 2.75) is 31.7 Å². The van der Waals surface area contributed by atoms with Crippen LogP contribution in [0.4, 0.5) is 5.82 Å². The summed E-state index contributed by atoms with van der Waals surface area (Å²) in [7, 11) is 0. The number of benzene rings is 1. The molecule has 0 saturated heterocycles. The fourth-order valence-electron chi connectivity index (χ4n) is 3.28. The number of rotatable bonds is 2. The zero-order chi connectivity index (χ0) is 15.6. The number of hydrogen-bond donors (Lipinski definition) is 1. The zero-order valence-corrected chi connectivity index (χ0v) is 13.4. The predicted molar refractivity (Wildman–Crippen MR) is 92.7 cm³/mol. The van der Waals surface area contributed by atoms with E-state index in [2.05, 4.69) is 44.5 Å². The third kappa shape index (κ3) is 2.86. The van der Waals surface area contributed by atoms with Crippen molar-refractivity contribution in [3.63, 3.8) is 0 Å². The molecule has 1 aliphatic rings. The van der Waals surface area contributed by atoms with Crippen LogP contribution in [0.15, 0.2) is 42.6 Å². The van der Waals surface area contributed by atoms with Crippen LogP contribution in [0.1, 0.15) is 36.4 Å². The molecule has 0 bridgehead atoms. The minimum Gasteiger partial charge on any atom is -0.361 e. The second kappa shape index (κ2) is 6.13. The average Bonchev–Trinajstić information content (AvgIpc) is 2.77. The molecule has 1 atom stereocenters. The molecule has 116 valence electrons. The molecule has 0 amide bonds. The lowest BCUT2D eigenvalue weighted by molar-refractivity contribution is 0.642. The summed E-state index contributed by atoms with van der Waals surface area (Å²) >= 11 is 6.08. The van der Waals surface area contributed by atoms with Gasteiger partial charge in [0, 0.05) is 6.20 Å². The number of nitrogens with one attached hydrogen (secondary N) is 1.